The minimum Gasteiger partial charge on any atom is -0.441 e. The SMILES string of the molecule is Nc1cc(OC(F)(F)F)ccc1NC(=O)C1CCC2(CC1)CN(c1ccc(F)cc1)C(=O)O2. The molecule has 176 valence electrons. The maximum absolute atomic E-state index is 13.2. The van der Waals surface area contributed by atoms with E-state index in [1.165, 1.54) is 35.2 Å². The Morgan fingerprint density at radius 3 is 2.42 bits per heavy atom. The average molecular weight is 467 g/mol. The van der Waals surface area contributed by atoms with Crippen LogP contribution in [0.15, 0.2) is 42.5 Å². The van der Waals surface area contributed by atoms with E-state index in [0.29, 0.717) is 37.9 Å². The Bertz CT molecular complexity index is 1050. The van der Waals surface area contributed by atoms with Gasteiger partial charge in [-0.2, -0.15) is 0 Å². The molecule has 2 aliphatic rings. The van der Waals surface area contributed by atoms with Gasteiger partial charge in [0.25, 0.3) is 0 Å². The standard InChI is InChI=1S/C22H21F4N3O4/c23-14-1-3-15(4-2-14)29-12-21(33-20(29)31)9-7-13(8-10-21)19(30)28-18-6-5-16(11-17(18)27)32-22(24,25)26/h1-6,11,13H,7-10,12,27H2,(H,28,30). The number of carbonyl (C=O) groups is 2. The van der Waals surface area contributed by atoms with E-state index in [4.69, 9.17) is 10.5 Å². The van der Waals surface area contributed by atoms with E-state index in [1.807, 2.05) is 0 Å². The van der Waals surface area contributed by atoms with Crippen molar-refractivity contribution in [1.29, 1.82) is 0 Å². The lowest BCUT2D eigenvalue weighted by Gasteiger charge is -2.34. The molecule has 1 aliphatic heterocycles. The Morgan fingerprint density at radius 1 is 1.15 bits per heavy atom. The molecule has 1 spiro atoms. The molecule has 0 atom stereocenters. The monoisotopic (exact) mass is 467 g/mol. The molecule has 0 bridgehead atoms. The number of nitrogens with one attached hydrogen (secondary N) is 1. The first kappa shape index (κ1) is 22.7. The van der Waals surface area contributed by atoms with Crippen molar-refractivity contribution >= 4 is 29.1 Å². The lowest BCUT2D eigenvalue weighted by molar-refractivity contribution is -0.274. The number of hydrogen-bond donors (Lipinski definition) is 2. The number of nitrogens with two attached hydrogens (primary N) is 1. The number of alkyl halides is 3. The maximum atomic E-state index is 13.2. The number of hydrogen-bond acceptors (Lipinski definition) is 5. The molecule has 0 unspecified atom stereocenters. The van der Waals surface area contributed by atoms with Crippen molar-refractivity contribution in [3.05, 3.63) is 48.3 Å². The number of benzene rings is 2. The molecule has 11 heteroatoms. The Labute approximate surface area is 186 Å². The molecule has 2 aromatic rings. The van der Waals surface area contributed by atoms with Crippen LogP contribution in [0.2, 0.25) is 0 Å². The Morgan fingerprint density at radius 2 is 1.82 bits per heavy atom. The molecule has 7 nitrogen and oxygen atoms in total. The third-order valence-corrected chi connectivity index (χ3v) is 5.89. The van der Waals surface area contributed by atoms with Gasteiger partial charge >= 0.3 is 12.5 Å². The molecular formula is C22H21F4N3O4. The average Bonchev–Trinajstić information content (AvgIpc) is 3.05. The van der Waals surface area contributed by atoms with Crippen LogP contribution in [0.5, 0.6) is 5.75 Å². The topological polar surface area (TPSA) is 93.9 Å². The fourth-order valence-electron chi connectivity index (χ4n) is 4.20. The van der Waals surface area contributed by atoms with E-state index >= 15 is 0 Å². The second-order valence-electron chi connectivity index (χ2n) is 8.17. The summed E-state index contributed by atoms with van der Waals surface area (Å²) in [5.74, 6) is -1.58. The summed E-state index contributed by atoms with van der Waals surface area (Å²) < 4.78 is 59.6. The van der Waals surface area contributed by atoms with Crippen molar-refractivity contribution in [3.63, 3.8) is 0 Å². The quantitative estimate of drug-likeness (QED) is 0.496. The van der Waals surface area contributed by atoms with Crippen LogP contribution in [-0.2, 0) is 9.53 Å². The van der Waals surface area contributed by atoms with Gasteiger partial charge in [-0.1, -0.05) is 0 Å². The van der Waals surface area contributed by atoms with Crippen LogP contribution in [0.25, 0.3) is 0 Å². The normalized spacial score (nSPS) is 22.8. The lowest BCUT2D eigenvalue weighted by Crippen LogP contribution is -2.41. The van der Waals surface area contributed by atoms with Crippen LogP contribution >= 0.6 is 0 Å². The van der Waals surface area contributed by atoms with Crippen LogP contribution < -0.4 is 20.7 Å². The Hall–Kier alpha value is -3.50. The van der Waals surface area contributed by atoms with Gasteiger partial charge in [0.1, 0.15) is 17.2 Å². The van der Waals surface area contributed by atoms with Gasteiger partial charge in [-0.15, -0.1) is 13.2 Å². The number of ether oxygens (including phenoxy) is 2. The van der Waals surface area contributed by atoms with E-state index in [1.54, 1.807) is 0 Å². The molecule has 1 saturated heterocycles. The Kier molecular flexibility index (Phi) is 5.81. The molecule has 0 aromatic heterocycles. The second kappa shape index (κ2) is 8.45. The number of rotatable bonds is 4. The molecule has 33 heavy (non-hydrogen) atoms. The first-order valence-electron chi connectivity index (χ1n) is 10.3. The van der Waals surface area contributed by atoms with Crippen molar-refractivity contribution in [2.75, 3.05) is 22.5 Å². The van der Waals surface area contributed by atoms with E-state index in [2.05, 4.69) is 10.1 Å². The zero-order chi connectivity index (χ0) is 23.8. The van der Waals surface area contributed by atoms with E-state index in [-0.39, 0.29) is 23.2 Å². The van der Waals surface area contributed by atoms with E-state index in [9.17, 15) is 27.2 Å². The highest BCUT2D eigenvalue weighted by Gasteiger charge is 2.48. The summed E-state index contributed by atoms with van der Waals surface area (Å²) in [6, 6.07) is 8.84. The smallest absolute Gasteiger partial charge is 0.441 e. The summed E-state index contributed by atoms with van der Waals surface area (Å²) in [6.07, 6.45) is -3.54. The predicted molar refractivity (Wildman–Crippen MR) is 111 cm³/mol. The van der Waals surface area contributed by atoms with Gasteiger partial charge in [-0.3, -0.25) is 9.69 Å². The van der Waals surface area contributed by atoms with Crippen molar-refractivity contribution in [2.45, 2.75) is 37.6 Å². The maximum Gasteiger partial charge on any atom is 0.573 e. The third kappa shape index (κ3) is 5.12. The zero-order valence-electron chi connectivity index (χ0n) is 17.3. The highest BCUT2D eigenvalue weighted by Crippen LogP contribution is 2.41. The molecule has 1 saturated carbocycles. The molecular weight excluding hydrogens is 446 g/mol. The van der Waals surface area contributed by atoms with Gasteiger partial charge < -0.3 is 20.5 Å². The summed E-state index contributed by atoms with van der Waals surface area (Å²) in [6.45, 7) is 0.305. The zero-order valence-corrected chi connectivity index (χ0v) is 17.3. The fraction of sp³-hybridized carbons (Fsp3) is 0.364. The van der Waals surface area contributed by atoms with Crippen molar-refractivity contribution < 1.29 is 36.6 Å². The first-order valence-corrected chi connectivity index (χ1v) is 10.3. The highest BCUT2D eigenvalue weighted by molar-refractivity contribution is 5.95. The number of carbonyl (C=O) groups excluding carboxylic acids is 2. The van der Waals surface area contributed by atoms with Crippen LogP contribution in [-0.4, -0.2) is 30.5 Å². The van der Waals surface area contributed by atoms with Crippen molar-refractivity contribution in [3.8, 4) is 5.75 Å². The molecule has 4 rings (SSSR count). The van der Waals surface area contributed by atoms with Gasteiger partial charge in [-0.25, -0.2) is 9.18 Å². The van der Waals surface area contributed by atoms with Gasteiger partial charge in [0.05, 0.1) is 17.9 Å². The summed E-state index contributed by atoms with van der Waals surface area (Å²) in [5.41, 5.74) is 5.70. The molecule has 2 amide bonds. The van der Waals surface area contributed by atoms with E-state index < -0.39 is 29.6 Å². The van der Waals surface area contributed by atoms with Crippen LogP contribution in [0.4, 0.5) is 39.4 Å². The summed E-state index contributed by atoms with van der Waals surface area (Å²) in [5, 5.41) is 2.64. The van der Waals surface area contributed by atoms with Crippen molar-refractivity contribution in [2.24, 2.45) is 5.92 Å². The third-order valence-electron chi connectivity index (χ3n) is 5.89. The molecule has 3 N–H and O–H groups in total. The summed E-state index contributed by atoms with van der Waals surface area (Å²) in [7, 11) is 0. The molecule has 2 aromatic carbocycles. The molecule has 2 fully saturated rings. The van der Waals surface area contributed by atoms with Gasteiger partial charge in [-0.05, 0) is 62.1 Å². The molecule has 0 radical (unpaired) electrons. The summed E-state index contributed by atoms with van der Waals surface area (Å²) >= 11 is 0. The van der Waals surface area contributed by atoms with Crippen LogP contribution in [0.3, 0.4) is 0 Å². The van der Waals surface area contributed by atoms with E-state index in [0.717, 1.165) is 12.1 Å². The first-order chi connectivity index (χ1) is 15.5. The number of halogens is 4. The number of anilines is 3. The number of nitrogens with zero attached hydrogens (tertiary/aromatic N) is 1. The van der Waals surface area contributed by atoms with Crippen LogP contribution in [0, 0.1) is 11.7 Å². The van der Waals surface area contributed by atoms with Gasteiger partial charge in [0, 0.05) is 17.7 Å². The Balaban J connectivity index is 1.35. The molecule has 1 aliphatic carbocycles. The largest absolute Gasteiger partial charge is 0.573 e. The van der Waals surface area contributed by atoms with Crippen LogP contribution in [0.1, 0.15) is 25.7 Å². The number of nitrogen functional groups attached to an aromatic ring is 1. The minimum absolute atomic E-state index is 0.0583. The van der Waals surface area contributed by atoms with Gasteiger partial charge in [0.15, 0.2) is 0 Å². The second-order valence-corrected chi connectivity index (χ2v) is 8.17. The molecule has 1 heterocycles. The summed E-state index contributed by atoms with van der Waals surface area (Å²) in [4.78, 5) is 26.5. The fourth-order valence-corrected chi connectivity index (χ4v) is 4.20. The van der Waals surface area contributed by atoms with Crippen molar-refractivity contribution in [1.82, 2.24) is 0 Å². The van der Waals surface area contributed by atoms with Gasteiger partial charge in [0.2, 0.25) is 5.91 Å². The minimum atomic E-state index is -4.84. The predicted octanol–water partition coefficient (Wildman–Crippen LogP) is 4.83. The number of amides is 2. The highest BCUT2D eigenvalue weighted by atomic mass is 19.4. The lowest BCUT2D eigenvalue weighted by atomic mass is 9.78.